The van der Waals surface area contributed by atoms with Crippen molar-refractivity contribution in [2.75, 3.05) is 5.75 Å². The highest BCUT2D eigenvalue weighted by Gasteiger charge is 2.30. The molecular formula is C23H25N3O5S. The van der Waals surface area contributed by atoms with E-state index < -0.39 is 27.3 Å². The minimum absolute atomic E-state index is 0.114. The first-order chi connectivity index (χ1) is 15.3. The van der Waals surface area contributed by atoms with E-state index in [-0.39, 0.29) is 23.3 Å². The Hall–Kier alpha value is -2.94. The molecule has 2 saturated carbocycles. The van der Waals surface area contributed by atoms with Gasteiger partial charge in [0.15, 0.2) is 9.84 Å². The Morgan fingerprint density at radius 1 is 1.00 bits per heavy atom. The van der Waals surface area contributed by atoms with E-state index in [0.29, 0.717) is 22.4 Å². The van der Waals surface area contributed by atoms with Crippen molar-refractivity contribution in [3.63, 3.8) is 0 Å². The van der Waals surface area contributed by atoms with Crippen LogP contribution in [-0.2, 0) is 9.84 Å². The molecule has 0 unspecified atom stereocenters. The lowest BCUT2D eigenvalue weighted by atomic mass is 9.77. The molecule has 1 aliphatic heterocycles. The molecular weight excluding hydrogens is 430 g/mol. The maximum Gasteiger partial charge on any atom is 0.261 e. The van der Waals surface area contributed by atoms with Crippen LogP contribution in [0, 0.1) is 0 Å². The van der Waals surface area contributed by atoms with Gasteiger partial charge in [0.05, 0.1) is 22.9 Å². The van der Waals surface area contributed by atoms with Gasteiger partial charge < -0.3 is 15.6 Å². The van der Waals surface area contributed by atoms with Gasteiger partial charge in [0.1, 0.15) is 5.56 Å². The molecule has 1 aromatic carbocycles. The van der Waals surface area contributed by atoms with E-state index in [9.17, 15) is 22.8 Å². The van der Waals surface area contributed by atoms with Crippen LogP contribution in [-0.4, -0.2) is 43.1 Å². The predicted octanol–water partition coefficient (Wildman–Crippen LogP) is 2.12. The van der Waals surface area contributed by atoms with Gasteiger partial charge in [-0.25, -0.2) is 8.42 Å². The number of carbonyl (C=O) groups excluding carboxylic acids is 2. The van der Waals surface area contributed by atoms with E-state index in [2.05, 4.69) is 15.6 Å². The lowest BCUT2D eigenvalue weighted by Crippen LogP contribution is -2.40. The molecule has 2 aliphatic carbocycles. The van der Waals surface area contributed by atoms with Gasteiger partial charge in [-0.15, -0.1) is 0 Å². The number of rotatable bonds is 5. The maximum atomic E-state index is 13.2. The van der Waals surface area contributed by atoms with Crippen molar-refractivity contribution in [2.24, 2.45) is 0 Å². The smallest absolute Gasteiger partial charge is 0.261 e. The summed E-state index contributed by atoms with van der Waals surface area (Å²) in [6, 6.07) is 4.72. The maximum absolute atomic E-state index is 13.2. The number of hydrogen-bond donors (Lipinski definition) is 3. The zero-order chi connectivity index (χ0) is 22.5. The van der Waals surface area contributed by atoms with Gasteiger partial charge in [0.25, 0.3) is 17.4 Å². The zero-order valence-corrected chi connectivity index (χ0v) is 18.3. The Labute approximate surface area is 185 Å². The number of pyridine rings is 1. The molecule has 3 N–H and O–H groups in total. The number of aromatic amines is 1. The fraction of sp³-hybridized carbons (Fsp3) is 0.435. The highest BCUT2D eigenvalue weighted by molar-refractivity contribution is 7.94. The fourth-order valence-electron chi connectivity index (χ4n) is 4.49. The van der Waals surface area contributed by atoms with E-state index in [1.165, 1.54) is 12.1 Å². The molecule has 0 spiro atoms. The summed E-state index contributed by atoms with van der Waals surface area (Å²) in [6.07, 6.45) is 7.56. The summed E-state index contributed by atoms with van der Waals surface area (Å²) in [7, 11) is -3.33. The third kappa shape index (κ3) is 3.85. The van der Waals surface area contributed by atoms with Crippen molar-refractivity contribution in [2.45, 2.75) is 56.5 Å². The highest BCUT2D eigenvalue weighted by atomic mass is 32.2. The number of aromatic nitrogens is 1. The first-order valence-corrected chi connectivity index (χ1v) is 12.7. The van der Waals surface area contributed by atoms with Gasteiger partial charge in [-0.05, 0) is 61.1 Å². The monoisotopic (exact) mass is 455 g/mol. The largest absolute Gasteiger partial charge is 0.349 e. The number of hydrogen-bond acceptors (Lipinski definition) is 5. The zero-order valence-electron chi connectivity index (χ0n) is 17.5. The summed E-state index contributed by atoms with van der Waals surface area (Å²) in [6.45, 7) is 0. The second kappa shape index (κ2) is 7.88. The molecule has 2 aromatic rings. The van der Waals surface area contributed by atoms with Crippen molar-refractivity contribution in [1.29, 1.82) is 0 Å². The standard InChI is InChI=1S/C23H25N3O5S/c27-21(25-16-9-10-32(30,31)12-16)18-11-14-7-8-17(13-3-1-4-13)19(20(14)26-22(18)28)23(29)24-15-5-2-6-15/h7-11,13,15-16H,1-6,12H2,(H,24,29)(H,25,27)(H,26,28)/t16-/m1/s1. The molecule has 32 heavy (non-hydrogen) atoms. The van der Waals surface area contributed by atoms with E-state index in [4.69, 9.17) is 0 Å². The van der Waals surface area contributed by atoms with Crippen LogP contribution in [0.3, 0.4) is 0 Å². The lowest BCUT2D eigenvalue weighted by molar-refractivity contribution is 0.0914. The van der Waals surface area contributed by atoms with Crippen LogP contribution >= 0.6 is 0 Å². The predicted molar refractivity (Wildman–Crippen MR) is 120 cm³/mol. The van der Waals surface area contributed by atoms with Crippen molar-refractivity contribution in [3.05, 3.63) is 56.7 Å². The Kier molecular flexibility index (Phi) is 5.16. The van der Waals surface area contributed by atoms with Gasteiger partial charge in [-0.1, -0.05) is 18.6 Å². The second-order valence-corrected chi connectivity index (χ2v) is 10.9. The van der Waals surface area contributed by atoms with Crippen LogP contribution in [0.15, 0.2) is 34.5 Å². The first kappa shape index (κ1) is 20.9. The molecule has 2 heterocycles. The normalized spacial score (nSPS) is 22.3. The number of H-pyrrole nitrogens is 1. The van der Waals surface area contributed by atoms with Gasteiger partial charge in [-0.2, -0.15) is 0 Å². The quantitative estimate of drug-likeness (QED) is 0.637. The summed E-state index contributed by atoms with van der Waals surface area (Å²) in [5, 5.41) is 7.31. The van der Waals surface area contributed by atoms with Crippen LogP contribution in [0.25, 0.3) is 10.9 Å². The number of amides is 2. The molecule has 1 atom stereocenters. The molecule has 168 valence electrons. The lowest BCUT2D eigenvalue weighted by Gasteiger charge is -2.30. The van der Waals surface area contributed by atoms with Crippen molar-refractivity contribution in [1.82, 2.24) is 15.6 Å². The third-order valence-corrected chi connectivity index (χ3v) is 8.15. The molecule has 2 amide bonds. The molecule has 0 radical (unpaired) electrons. The van der Waals surface area contributed by atoms with Crippen molar-refractivity contribution >= 4 is 32.6 Å². The molecule has 0 saturated heterocycles. The fourth-order valence-corrected chi connectivity index (χ4v) is 5.72. The molecule has 2 fully saturated rings. The minimum Gasteiger partial charge on any atom is -0.349 e. The number of fused-ring (bicyclic) bond motifs is 1. The average molecular weight is 456 g/mol. The first-order valence-electron chi connectivity index (χ1n) is 11.0. The summed E-state index contributed by atoms with van der Waals surface area (Å²) >= 11 is 0. The van der Waals surface area contributed by atoms with E-state index in [1.807, 2.05) is 12.1 Å². The van der Waals surface area contributed by atoms with Gasteiger partial charge >= 0.3 is 0 Å². The summed E-state index contributed by atoms with van der Waals surface area (Å²) in [4.78, 5) is 41.4. The van der Waals surface area contributed by atoms with E-state index in [1.54, 1.807) is 0 Å². The Morgan fingerprint density at radius 2 is 1.75 bits per heavy atom. The van der Waals surface area contributed by atoms with E-state index >= 15 is 0 Å². The number of nitrogens with one attached hydrogen (secondary N) is 3. The second-order valence-electron chi connectivity index (χ2n) is 8.97. The third-order valence-electron chi connectivity index (χ3n) is 6.76. The van der Waals surface area contributed by atoms with Gasteiger partial charge in [-0.3, -0.25) is 14.4 Å². The highest BCUT2D eigenvalue weighted by Crippen LogP contribution is 2.39. The minimum atomic E-state index is -3.33. The van der Waals surface area contributed by atoms with Gasteiger partial charge in [0, 0.05) is 11.4 Å². The topological polar surface area (TPSA) is 125 Å². The van der Waals surface area contributed by atoms with Crippen molar-refractivity contribution in [3.8, 4) is 0 Å². The van der Waals surface area contributed by atoms with Crippen LogP contribution in [0.1, 0.15) is 70.7 Å². The average Bonchev–Trinajstić information content (AvgIpc) is 3.00. The van der Waals surface area contributed by atoms with Crippen LogP contribution in [0.4, 0.5) is 0 Å². The van der Waals surface area contributed by atoms with E-state index in [0.717, 1.165) is 49.5 Å². The van der Waals surface area contributed by atoms with Crippen LogP contribution in [0.2, 0.25) is 0 Å². The number of sulfone groups is 1. The Bertz CT molecular complexity index is 1300. The number of benzene rings is 1. The SMILES string of the molecule is O=C(N[C@@H]1C=CS(=O)(=O)C1)c1cc2ccc(C3CCC3)c(C(=O)NC3CCC3)c2[nH]c1=O. The van der Waals surface area contributed by atoms with Crippen molar-refractivity contribution < 1.29 is 18.0 Å². The summed E-state index contributed by atoms with van der Waals surface area (Å²) in [5.74, 6) is -0.760. The molecule has 9 heteroatoms. The Balaban J connectivity index is 1.51. The molecule has 0 bridgehead atoms. The number of carbonyl (C=O) groups is 2. The van der Waals surface area contributed by atoms with Crippen LogP contribution < -0.4 is 16.2 Å². The summed E-state index contributed by atoms with van der Waals surface area (Å²) in [5.41, 5.74) is 1.15. The van der Waals surface area contributed by atoms with Crippen LogP contribution in [0.5, 0.6) is 0 Å². The molecule has 8 nitrogen and oxygen atoms in total. The van der Waals surface area contributed by atoms with Gasteiger partial charge in [0.2, 0.25) is 0 Å². The molecule has 5 rings (SSSR count). The summed E-state index contributed by atoms with van der Waals surface area (Å²) < 4.78 is 23.2. The molecule has 3 aliphatic rings. The molecule has 1 aromatic heterocycles. The Morgan fingerprint density at radius 3 is 2.34 bits per heavy atom.